The number of rotatable bonds is 6. The highest BCUT2D eigenvalue weighted by molar-refractivity contribution is 5.73. The topological polar surface area (TPSA) is 92.6 Å². The Labute approximate surface area is 152 Å². The molecule has 1 unspecified atom stereocenters. The average molecular weight is 365 g/mol. The molecule has 0 fully saturated rings. The van der Waals surface area contributed by atoms with Crippen LogP contribution in [-0.2, 0) is 4.79 Å². The van der Waals surface area contributed by atoms with Gasteiger partial charge >= 0.3 is 0 Å². The number of nitrogens with two attached hydrogens (primary N) is 2. The third kappa shape index (κ3) is 4.60. The highest BCUT2D eigenvalue weighted by Gasteiger charge is 2.24. The van der Waals surface area contributed by atoms with Crippen molar-refractivity contribution in [3.8, 4) is 0 Å². The van der Waals surface area contributed by atoms with Crippen LogP contribution in [0.3, 0.4) is 0 Å². The van der Waals surface area contributed by atoms with E-state index in [1.165, 1.54) is 19.1 Å². The third-order valence-corrected chi connectivity index (χ3v) is 4.65. The molecule has 1 atom stereocenters. The third-order valence-electron chi connectivity index (χ3n) is 4.65. The summed E-state index contributed by atoms with van der Waals surface area (Å²) in [7, 11) is 0. The summed E-state index contributed by atoms with van der Waals surface area (Å²) in [6.45, 7) is 1.96. The van der Waals surface area contributed by atoms with E-state index >= 15 is 0 Å². The van der Waals surface area contributed by atoms with Crippen molar-refractivity contribution in [3.05, 3.63) is 52.7 Å². The van der Waals surface area contributed by atoms with Crippen LogP contribution in [0.2, 0.25) is 0 Å². The van der Waals surface area contributed by atoms with Gasteiger partial charge in [-0.25, -0.2) is 8.78 Å². The second-order valence-electron chi connectivity index (χ2n) is 6.45. The number of benzene rings is 1. The summed E-state index contributed by atoms with van der Waals surface area (Å²) in [6.07, 6.45) is 3.80. The lowest BCUT2D eigenvalue weighted by atomic mass is 9.86. The molecule has 1 aromatic rings. The van der Waals surface area contributed by atoms with Gasteiger partial charge in [0.25, 0.3) is 0 Å². The van der Waals surface area contributed by atoms with E-state index in [2.05, 4.69) is 0 Å². The summed E-state index contributed by atoms with van der Waals surface area (Å²) in [5.41, 5.74) is 13.2. The number of hydrogen-bond donors (Lipinski definition) is 3. The van der Waals surface area contributed by atoms with Gasteiger partial charge in [0.1, 0.15) is 11.6 Å². The molecule has 26 heavy (non-hydrogen) atoms. The van der Waals surface area contributed by atoms with Crippen LogP contribution in [0.1, 0.15) is 31.7 Å². The maximum atomic E-state index is 13.9. The number of halogens is 2. The largest absolute Gasteiger partial charge is 0.402 e. The van der Waals surface area contributed by atoms with Gasteiger partial charge < -0.3 is 21.5 Å². The maximum absolute atomic E-state index is 13.9. The molecule has 0 aromatic heterocycles. The molecule has 5 N–H and O–H groups in total. The molecule has 0 radical (unpaired) electrons. The summed E-state index contributed by atoms with van der Waals surface area (Å²) >= 11 is 0. The first-order valence-corrected chi connectivity index (χ1v) is 8.61. The number of nitrogens with zero attached hydrogens (tertiary/aromatic N) is 1. The number of aliphatic hydroxyl groups excluding tert-OH is 1. The second kappa shape index (κ2) is 8.80. The van der Waals surface area contributed by atoms with Crippen LogP contribution in [-0.4, -0.2) is 35.6 Å². The van der Waals surface area contributed by atoms with E-state index in [1.807, 2.05) is 0 Å². The smallest absolute Gasteiger partial charge is 0.219 e. The van der Waals surface area contributed by atoms with Gasteiger partial charge in [0.2, 0.25) is 5.91 Å². The predicted molar refractivity (Wildman–Crippen MR) is 96.4 cm³/mol. The fourth-order valence-corrected chi connectivity index (χ4v) is 3.24. The van der Waals surface area contributed by atoms with Crippen LogP contribution >= 0.6 is 0 Å². The molecule has 1 amide bonds. The Morgan fingerprint density at radius 2 is 2.04 bits per heavy atom. The van der Waals surface area contributed by atoms with Crippen LogP contribution in [0.25, 0.3) is 5.70 Å². The Hall–Kier alpha value is -2.41. The van der Waals surface area contributed by atoms with E-state index in [-0.39, 0.29) is 36.2 Å². The van der Waals surface area contributed by atoms with E-state index < -0.39 is 11.6 Å². The van der Waals surface area contributed by atoms with Crippen molar-refractivity contribution < 1.29 is 18.7 Å². The monoisotopic (exact) mass is 365 g/mol. The molecular formula is C19H25F2N3O2. The Morgan fingerprint density at radius 1 is 1.38 bits per heavy atom. The lowest BCUT2D eigenvalue weighted by Crippen LogP contribution is -2.38. The molecule has 1 aliphatic rings. The summed E-state index contributed by atoms with van der Waals surface area (Å²) < 4.78 is 27.8. The van der Waals surface area contributed by atoms with Gasteiger partial charge in [0, 0.05) is 37.3 Å². The number of carbonyl (C=O) groups is 1. The van der Waals surface area contributed by atoms with Crippen molar-refractivity contribution in [1.29, 1.82) is 0 Å². The standard InChI is InChI=1S/C19H25F2N3O2/c1-12(26)24(8-9-25)11-14-5-2-4-13(19(14)23)10-17(22)18-15(20)6-3-7-16(18)21/h3,6-7,10,14,25H,2,4-5,8-9,11,22-23H2,1H3/b17-10-. The minimum Gasteiger partial charge on any atom is -0.402 e. The number of carbonyl (C=O) groups excluding carboxylic acids is 1. The quantitative estimate of drug-likeness (QED) is 0.720. The second-order valence-corrected chi connectivity index (χ2v) is 6.45. The summed E-state index contributed by atoms with van der Waals surface area (Å²) in [5.74, 6) is -1.67. The van der Waals surface area contributed by atoms with E-state index in [4.69, 9.17) is 16.6 Å². The van der Waals surface area contributed by atoms with Crippen molar-refractivity contribution in [2.45, 2.75) is 26.2 Å². The van der Waals surface area contributed by atoms with Crippen molar-refractivity contribution >= 4 is 11.6 Å². The van der Waals surface area contributed by atoms with Crippen molar-refractivity contribution in [2.24, 2.45) is 17.4 Å². The molecule has 5 nitrogen and oxygen atoms in total. The number of hydrogen-bond acceptors (Lipinski definition) is 4. The zero-order valence-electron chi connectivity index (χ0n) is 14.8. The van der Waals surface area contributed by atoms with Crippen LogP contribution in [0.5, 0.6) is 0 Å². The molecule has 0 saturated carbocycles. The molecule has 0 spiro atoms. The van der Waals surface area contributed by atoms with E-state index in [0.29, 0.717) is 18.7 Å². The lowest BCUT2D eigenvalue weighted by molar-refractivity contribution is -0.129. The van der Waals surface area contributed by atoms with Crippen molar-refractivity contribution in [1.82, 2.24) is 4.90 Å². The van der Waals surface area contributed by atoms with Crippen LogP contribution < -0.4 is 11.5 Å². The Morgan fingerprint density at radius 3 is 2.62 bits per heavy atom. The average Bonchev–Trinajstić information content (AvgIpc) is 2.57. The molecule has 1 aromatic carbocycles. The maximum Gasteiger partial charge on any atom is 0.219 e. The van der Waals surface area contributed by atoms with Gasteiger partial charge in [0.05, 0.1) is 12.2 Å². The highest BCUT2D eigenvalue weighted by Crippen LogP contribution is 2.30. The first-order chi connectivity index (χ1) is 12.3. The number of aliphatic hydroxyl groups is 1. The minimum atomic E-state index is -0.726. The molecular weight excluding hydrogens is 340 g/mol. The Kier molecular flexibility index (Phi) is 6.74. The lowest BCUT2D eigenvalue weighted by Gasteiger charge is -2.30. The normalized spacial score (nSPS) is 18.2. The molecule has 2 rings (SSSR count). The molecule has 0 heterocycles. The van der Waals surface area contributed by atoms with Crippen molar-refractivity contribution in [3.63, 3.8) is 0 Å². The Balaban J connectivity index is 2.28. The molecule has 0 aliphatic heterocycles. The number of amides is 1. The van der Waals surface area contributed by atoms with Crippen molar-refractivity contribution in [2.75, 3.05) is 19.7 Å². The van der Waals surface area contributed by atoms with Gasteiger partial charge in [-0.2, -0.15) is 0 Å². The van der Waals surface area contributed by atoms with Gasteiger partial charge in [-0.1, -0.05) is 6.07 Å². The van der Waals surface area contributed by atoms with Gasteiger partial charge in [0.15, 0.2) is 0 Å². The van der Waals surface area contributed by atoms with Crippen LogP contribution in [0, 0.1) is 17.6 Å². The fraction of sp³-hybridized carbons (Fsp3) is 0.421. The van der Waals surface area contributed by atoms with E-state index in [0.717, 1.165) is 30.5 Å². The van der Waals surface area contributed by atoms with Crippen LogP contribution in [0.15, 0.2) is 35.5 Å². The minimum absolute atomic E-state index is 0.0158. The predicted octanol–water partition coefficient (Wildman–Crippen LogP) is 2.12. The highest BCUT2D eigenvalue weighted by atomic mass is 19.1. The Bertz CT molecular complexity index is 711. The zero-order chi connectivity index (χ0) is 19.3. The summed E-state index contributed by atoms with van der Waals surface area (Å²) in [6, 6.07) is 3.59. The summed E-state index contributed by atoms with van der Waals surface area (Å²) in [4.78, 5) is 13.2. The van der Waals surface area contributed by atoms with E-state index in [1.54, 1.807) is 4.90 Å². The summed E-state index contributed by atoms with van der Waals surface area (Å²) in [5, 5.41) is 9.10. The SMILES string of the molecule is CC(=O)N(CCO)CC1CCCC(/C=C(\N)c2c(F)cccc2F)=C1N. The van der Waals surface area contributed by atoms with Gasteiger partial charge in [-0.05, 0) is 43.0 Å². The zero-order valence-corrected chi connectivity index (χ0v) is 14.8. The number of allylic oxidation sites excluding steroid dienone is 2. The molecule has 142 valence electrons. The van der Waals surface area contributed by atoms with Crippen LogP contribution in [0.4, 0.5) is 8.78 Å². The molecule has 1 aliphatic carbocycles. The first kappa shape index (κ1) is 19.9. The first-order valence-electron chi connectivity index (χ1n) is 8.61. The van der Waals surface area contributed by atoms with E-state index in [9.17, 15) is 13.6 Å². The molecule has 0 saturated heterocycles. The van der Waals surface area contributed by atoms with Gasteiger partial charge in [-0.3, -0.25) is 4.79 Å². The fourth-order valence-electron chi connectivity index (χ4n) is 3.24. The molecule has 7 heteroatoms. The van der Waals surface area contributed by atoms with Gasteiger partial charge in [-0.15, -0.1) is 0 Å². The molecule has 0 bridgehead atoms.